The average Bonchev–Trinajstić information content (AvgIpc) is 2.47. The number of hydrogen-bond donors (Lipinski definition) is 1. The second-order valence-corrected chi connectivity index (χ2v) is 7.46. The van der Waals surface area contributed by atoms with Crippen molar-refractivity contribution in [2.75, 3.05) is 6.29 Å². The van der Waals surface area contributed by atoms with Crippen molar-refractivity contribution >= 4 is 7.37 Å². The van der Waals surface area contributed by atoms with Gasteiger partial charge in [-0.05, 0) is 11.1 Å². The van der Waals surface area contributed by atoms with Gasteiger partial charge < -0.3 is 4.89 Å². The fourth-order valence-corrected chi connectivity index (χ4v) is 3.09. The van der Waals surface area contributed by atoms with Crippen molar-refractivity contribution in [3.05, 3.63) is 71.8 Å². The molecule has 0 aliphatic heterocycles. The first-order chi connectivity index (χ1) is 10.8. The summed E-state index contributed by atoms with van der Waals surface area (Å²) in [7, 11) is -5.28. The van der Waals surface area contributed by atoms with Crippen molar-refractivity contribution in [3.8, 4) is 0 Å². The van der Waals surface area contributed by atoms with Gasteiger partial charge in [-0.25, -0.2) is 0 Å². The van der Waals surface area contributed by atoms with Gasteiger partial charge in [0.05, 0.1) is 6.29 Å². The van der Waals surface area contributed by atoms with Crippen LogP contribution in [0.1, 0.15) is 11.1 Å². The van der Waals surface area contributed by atoms with Gasteiger partial charge in [0.1, 0.15) is 0 Å². The lowest BCUT2D eigenvalue weighted by atomic mass is 10.2. The third-order valence-electron chi connectivity index (χ3n) is 3.29. The molecule has 2 aromatic carbocycles. The molecule has 0 aliphatic rings. The van der Waals surface area contributed by atoms with Gasteiger partial charge in [-0.3, -0.25) is 9.46 Å². The van der Waals surface area contributed by atoms with Crippen LogP contribution in [0.5, 0.6) is 0 Å². The largest absolute Gasteiger partial charge is 0.466 e. The van der Waals surface area contributed by atoms with E-state index in [1.807, 2.05) is 0 Å². The maximum atomic E-state index is 12.7. The SMILES string of the molecule is O=P(O)(CN(Cc1ccccc1)Cc1ccccc1)C(F)(F)F. The van der Waals surface area contributed by atoms with Crippen LogP contribution in [0.3, 0.4) is 0 Å². The Kier molecular flexibility index (Phi) is 5.63. The second-order valence-electron chi connectivity index (χ2n) is 5.27. The lowest BCUT2D eigenvalue weighted by Gasteiger charge is -2.26. The first kappa shape index (κ1) is 17.7. The fourth-order valence-electron chi connectivity index (χ4n) is 2.19. The van der Waals surface area contributed by atoms with Crippen LogP contribution in [0.15, 0.2) is 60.7 Å². The van der Waals surface area contributed by atoms with E-state index < -0.39 is 19.6 Å². The Balaban J connectivity index is 2.19. The van der Waals surface area contributed by atoms with E-state index in [1.54, 1.807) is 60.7 Å². The molecular weight excluding hydrogens is 326 g/mol. The van der Waals surface area contributed by atoms with E-state index in [4.69, 9.17) is 0 Å². The quantitative estimate of drug-likeness (QED) is 0.789. The zero-order chi connectivity index (χ0) is 16.9. The second kappa shape index (κ2) is 7.30. The Labute approximate surface area is 132 Å². The van der Waals surface area contributed by atoms with Crippen LogP contribution in [-0.2, 0) is 17.7 Å². The summed E-state index contributed by atoms with van der Waals surface area (Å²) < 4.78 is 49.8. The fraction of sp³-hybridized carbons (Fsp3) is 0.250. The van der Waals surface area contributed by atoms with Crippen LogP contribution in [0.4, 0.5) is 13.2 Å². The maximum Gasteiger partial charge on any atom is 0.466 e. The topological polar surface area (TPSA) is 40.5 Å². The number of benzene rings is 2. The van der Waals surface area contributed by atoms with E-state index in [-0.39, 0.29) is 13.1 Å². The van der Waals surface area contributed by atoms with E-state index in [1.165, 1.54) is 4.90 Å². The Morgan fingerprint density at radius 1 is 0.870 bits per heavy atom. The summed E-state index contributed by atoms with van der Waals surface area (Å²) in [5.74, 6) is -5.11. The summed E-state index contributed by atoms with van der Waals surface area (Å²) in [6.45, 7) is 0.326. The molecule has 124 valence electrons. The highest BCUT2D eigenvalue weighted by atomic mass is 31.2. The number of nitrogens with zero attached hydrogens (tertiary/aromatic N) is 1. The molecule has 7 heteroatoms. The highest BCUT2D eigenvalue weighted by molar-refractivity contribution is 7.58. The molecule has 0 saturated heterocycles. The first-order valence-corrected chi connectivity index (χ1v) is 8.81. The number of rotatable bonds is 6. The zero-order valence-corrected chi connectivity index (χ0v) is 13.2. The maximum absolute atomic E-state index is 12.7. The minimum absolute atomic E-state index is 0.163. The smallest absolute Gasteiger partial charge is 0.337 e. The summed E-state index contributed by atoms with van der Waals surface area (Å²) in [4.78, 5) is 10.7. The molecule has 0 saturated carbocycles. The summed E-state index contributed by atoms with van der Waals surface area (Å²) in [5, 5.41) is 0. The normalized spacial score (nSPS) is 14.7. The molecule has 2 rings (SSSR count). The molecule has 0 radical (unpaired) electrons. The predicted molar refractivity (Wildman–Crippen MR) is 82.9 cm³/mol. The van der Waals surface area contributed by atoms with Crippen LogP contribution < -0.4 is 0 Å². The minimum Gasteiger partial charge on any atom is -0.337 e. The van der Waals surface area contributed by atoms with E-state index >= 15 is 0 Å². The Hall–Kier alpha value is -1.62. The van der Waals surface area contributed by atoms with Crippen molar-refractivity contribution in [2.24, 2.45) is 0 Å². The van der Waals surface area contributed by atoms with Crippen LogP contribution in [0.25, 0.3) is 0 Å². The summed E-state index contributed by atoms with van der Waals surface area (Å²) in [5.41, 5.74) is 1.57. The third kappa shape index (κ3) is 5.20. The lowest BCUT2D eigenvalue weighted by molar-refractivity contribution is -0.0569. The molecular formula is C16H17F3NO2P. The monoisotopic (exact) mass is 343 g/mol. The highest BCUT2D eigenvalue weighted by Crippen LogP contribution is 2.57. The van der Waals surface area contributed by atoms with Gasteiger partial charge in [0, 0.05) is 13.1 Å². The molecule has 1 N–H and O–H groups in total. The van der Waals surface area contributed by atoms with Gasteiger partial charge in [0.15, 0.2) is 0 Å². The molecule has 0 spiro atoms. The van der Waals surface area contributed by atoms with Crippen LogP contribution in [-0.4, -0.2) is 22.0 Å². The first-order valence-electron chi connectivity index (χ1n) is 6.97. The van der Waals surface area contributed by atoms with Crippen molar-refractivity contribution in [1.82, 2.24) is 4.90 Å². The predicted octanol–water partition coefficient (Wildman–Crippen LogP) is 4.44. The molecule has 3 nitrogen and oxygen atoms in total. The van der Waals surface area contributed by atoms with Gasteiger partial charge >= 0.3 is 13.3 Å². The van der Waals surface area contributed by atoms with Crippen LogP contribution >= 0.6 is 7.37 Å². The molecule has 0 amide bonds. The van der Waals surface area contributed by atoms with E-state index in [2.05, 4.69) is 0 Å². The lowest BCUT2D eigenvalue weighted by Crippen LogP contribution is -2.27. The van der Waals surface area contributed by atoms with Crippen molar-refractivity contribution < 1.29 is 22.6 Å². The van der Waals surface area contributed by atoms with Crippen molar-refractivity contribution in [3.63, 3.8) is 0 Å². The van der Waals surface area contributed by atoms with Gasteiger partial charge in [-0.1, -0.05) is 60.7 Å². The number of halogens is 3. The van der Waals surface area contributed by atoms with Gasteiger partial charge in [0.25, 0.3) is 0 Å². The van der Waals surface area contributed by atoms with Crippen molar-refractivity contribution in [1.29, 1.82) is 0 Å². The minimum atomic E-state index is -5.28. The molecule has 23 heavy (non-hydrogen) atoms. The number of hydrogen-bond acceptors (Lipinski definition) is 2. The molecule has 1 atom stereocenters. The molecule has 0 aromatic heterocycles. The zero-order valence-electron chi connectivity index (χ0n) is 12.3. The van der Waals surface area contributed by atoms with E-state index in [0.29, 0.717) is 0 Å². The Morgan fingerprint density at radius 2 is 1.26 bits per heavy atom. The molecule has 0 fully saturated rings. The standard InChI is InChI=1S/C16H17F3NO2P/c17-16(18,19)23(21,22)13-20(11-14-7-3-1-4-8-14)12-15-9-5-2-6-10-15/h1-10H,11-13H2,(H,21,22). The Bertz CT molecular complexity index is 621. The molecule has 0 heterocycles. The van der Waals surface area contributed by atoms with Crippen molar-refractivity contribution in [2.45, 2.75) is 19.0 Å². The number of alkyl halides is 3. The van der Waals surface area contributed by atoms with E-state index in [9.17, 15) is 22.6 Å². The molecule has 0 bridgehead atoms. The van der Waals surface area contributed by atoms with Crippen LogP contribution in [0.2, 0.25) is 0 Å². The molecule has 1 unspecified atom stereocenters. The molecule has 0 aliphatic carbocycles. The third-order valence-corrected chi connectivity index (χ3v) is 4.86. The highest BCUT2D eigenvalue weighted by Gasteiger charge is 2.50. The molecule has 2 aromatic rings. The summed E-state index contributed by atoms with van der Waals surface area (Å²) in [6, 6.07) is 17.8. The van der Waals surface area contributed by atoms with Gasteiger partial charge in [-0.15, -0.1) is 0 Å². The van der Waals surface area contributed by atoms with E-state index in [0.717, 1.165) is 11.1 Å². The van der Waals surface area contributed by atoms with Gasteiger partial charge in [-0.2, -0.15) is 13.2 Å². The summed E-state index contributed by atoms with van der Waals surface area (Å²) >= 11 is 0. The van der Waals surface area contributed by atoms with Gasteiger partial charge in [0.2, 0.25) is 0 Å². The average molecular weight is 343 g/mol. The van der Waals surface area contributed by atoms with Crippen LogP contribution in [0, 0.1) is 0 Å². The Morgan fingerprint density at radius 3 is 1.61 bits per heavy atom. The summed E-state index contributed by atoms with van der Waals surface area (Å²) in [6.07, 6.45) is -0.930.